The summed E-state index contributed by atoms with van der Waals surface area (Å²) in [5.41, 5.74) is 2.32. The Balaban J connectivity index is 2.77. The van der Waals surface area contributed by atoms with Crippen LogP contribution in [0.1, 0.15) is 24.6 Å². The first kappa shape index (κ1) is 9.20. The van der Waals surface area contributed by atoms with Crippen molar-refractivity contribution in [2.24, 2.45) is 0 Å². The lowest BCUT2D eigenvalue weighted by molar-refractivity contribution is 0.298. The predicted octanol–water partition coefficient (Wildman–Crippen LogP) is 1.57. The second-order valence-corrected chi connectivity index (χ2v) is 2.83. The van der Waals surface area contributed by atoms with Gasteiger partial charge in [0, 0.05) is 24.9 Å². The zero-order valence-electron chi connectivity index (χ0n) is 7.45. The molecular weight excluding hydrogens is 150 g/mol. The van der Waals surface area contributed by atoms with Crippen molar-refractivity contribution in [2.45, 2.75) is 26.2 Å². The molecule has 0 spiro atoms. The van der Waals surface area contributed by atoms with Gasteiger partial charge >= 0.3 is 0 Å². The molecule has 0 atom stereocenters. The number of aliphatic hydroxyl groups is 1. The Kier molecular flexibility index (Phi) is 3.74. The molecule has 0 amide bonds. The SMILES string of the molecule is CCCc1cccnc1CCO. The van der Waals surface area contributed by atoms with Crippen LogP contribution in [0.2, 0.25) is 0 Å². The van der Waals surface area contributed by atoms with Gasteiger partial charge in [-0.05, 0) is 18.1 Å². The molecule has 12 heavy (non-hydrogen) atoms. The van der Waals surface area contributed by atoms with Gasteiger partial charge in [-0.15, -0.1) is 0 Å². The number of pyridine rings is 1. The molecule has 0 radical (unpaired) electrons. The van der Waals surface area contributed by atoms with Gasteiger partial charge in [0.05, 0.1) is 0 Å². The first-order valence-corrected chi connectivity index (χ1v) is 4.42. The molecule has 1 heterocycles. The molecule has 2 heteroatoms. The van der Waals surface area contributed by atoms with Crippen LogP contribution in [0.25, 0.3) is 0 Å². The highest BCUT2D eigenvalue weighted by Crippen LogP contribution is 2.08. The summed E-state index contributed by atoms with van der Waals surface area (Å²) in [5.74, 6) is 0. The summed E-state index contributed by atoms with van der Waals surface area (Å²) in [7, 11) is 0. The second-order valence-electron chi connectivity index (χ2n) is 2.83. The van der Waals surface area contributed by atoms with Gasteiger partial charge in [0.2, 0.25) is 0 Å². The zero-order valence-corrected chi connectivity index (χ0v) is 7.45. The number of hydrogen-bond donors (Lipinski definition) is 1. The molecule has 0 bridgehead atoms. The van der Waals surface area contributed by atoms with Crippen LogP contribution in [-0.4, -0.2) is 16.7 Å². The fraction of sp³-hybridized carbons (Fsp3) is 0.500. The first-order valence-electron chi connectivity index (χ1n) is 4.42. The van der Waals surface area contributed by atoms with Crippen molar-refractivity contribution in [2.75, 3.05) is 6.61 Å². The molecule has 0 aliphatic rings. The van der Waals surface area contributed by atoms with E-state index in [-0.39, 0.29) is 6.61 Å². The summed E-state index contributed by atoms with van der Waals surface area (Å²) >= 11 is 0. The van der Waals surface area contributed by atoms with Crippen LogP contribution in [0.15, 0.2) is 18.3 Å². The lowest BCUT2D eigenvalue weighted by atomic mass is 10.1. The minimum atomic E-state index is 0.188. The number of aryl methyl sites for hydroxylation is 1. The zero-order chi connectivity index (χ0) is 8.81. The highest BCUT2D eigenvalue weighted by atomic mass is 16.3. The third-order valence-corrected chi connectivity index (χ3v) is 1.85. The Morgan fingerprint density at radius 3 is 2.92 bits per heavy atom. The number of aromatic nitrogens is 1. The molecule has 66 valence electrons. The van der Waals surface area contributed by atoms with E-state index >= 15 is 0 Å². The largest absolute Gasteiger partial charge is 0.396 e. The second kappa shape index (κ2) is 4.88. The van der Waals surface area contributed by atoms with E-state index in [1.165, 1.54) is 5.56 Å². The fourth-order valence-corrected chi connectivity index (χ4v) is 1.30. The van der Waals surface area contributed by atoms with Crippen LogP contribution < -0.4 is 0 Å². The van der Waals surface area contributed by atoms with Gasteiger partial charge in [0.1, 0.15) is 0 Å². The lowest BCUT2D eigenvalue weighted by Gasteiger charge is -2.04. The number of rotatable bonds is 4. The molecule has 1 aromatic heterocycles. The summed E-state index contributed by atoms with van der Waals surface area (Å²) in [6.07, 6.45) is 4.65. The van der Waals surface area contributed by atoms with E-state index in [9.17, 15) is 0 Å². The fourth-order valence-electron chi connectivity index (χ4n) is 1.30. The maximum absolute atomic E-state index is 8.77. The van der Waals surface area contributed by atoms with Crippen LogP contribution in [0.4, 0.5) is 0 Å². The molecule has 0 saturated carbocycles. The maximum atomic E-state index is 8.77. The van der Waals surface area contributed by atoms with Crippen LogP contribution in [0.3, 0.4) is 0 Å². The van der Waals surface area contributed by atoms with Crippen LogP contribution in [-0.2, 0) is 12.8 Å². The minimum absolute atomic E-state index is 0.188. The van der Waals surface area contributed by atoms with E-state index < -0.39 is 0 Å². The van der Waals surface area contributed by atoms with Crippen LogP contribution in [0, 0.1) is 0 Å². The van der Waals surface area contributed by atoms with Crippen molar-refractivity contribution in [1.82, 2.24) is 4.98 Å². The summed E-state index contributed by atoms with van der Waals surface area (Å²) < 4.78 is 0. The lowest BCUT2D eigenvalue weighted by Crippen LogP contribution is -1.99. The molecule has 2 nitrogen and oxygen atoms in total. The number of hydrogen-bond acceptors (Lipinski definition) is 2. The van der Waals surface area contributed by atoms with E-state index in [1.807, 2.05) is 6.07 Å². The van der Waals surface area contributed by atoms with E-state index in [0.29, 0.717) is 6.42 Å². The average molecular weight is 165 g/mol. The van der Waals surface area contributed by atoms with E-state index in [4.69, 9.17) is 5.11 Å². The van der Waals surface area contributed by atoms with Gasteiger partial charge in [0.25, 0.3) is 0 Å². The molecule has 1 rings (SSSR count). The maximum Gasteiger partial charge on any atom is 0.0486 e. The monoisotopic (exact) mass is 165 g/mol. The quantitative estimate of drug-likeness (QED) is 0.734. The molecule has 1 aromatic rings. The van der Waals surface area contributed by atoms with Crippen molar-refractivity contribution < 1.29 is 5.11 Å². The van der Waals surface area contributed by atoms with Crippen LogP contribution in [0.5, 0.6) is 0 Å². The van der Waals surface area contributed by atoms with E-state index in [1.54, 1.807) is 6.20 Å². The first-order chi connectivity index (χ1) is 5.88. The van der Waals surface area contributed by atoms with Gasteiger partial charge in [-0.3, -0.25) is 4.98 Å². The molecular formula is C10H15NO. The molecule has 0 fully saturated rings. The minimum Gasteiger partial charge on any atom is -0.396 e. The molecule has 0 saturated heterocycles. The van der Waals surface area contributed by atoms with Crippen molar-refractivity contribution in [3.8, 4) is 0 Å². The van der Waals surface area contributed by atoms with Crippen molar-refractivity contribution >= 4 is 0 Å². The highest BCUT2D eigenvalue weighted by Gasteiger charge is 2.00. The third kappa shape index (κ3) is 2.31. The third-order valence-electron chi connectivity index (χ3n) is 1.85. The Labute approximate surface area is 73.3 Å². The van der Waals surface area contributed by atoms with E-state index in [2.05, 4.69) is 18.0 Å². The highest BCUT2D eigenvalue weighted by molar-refractivity contribution is 5.19. The van der Waals surface area contributed by atoms with Gasteiger partial charge in [0.15, 0.2) is 0 Å². The molecule has 0 aliphatic heterocycles. The number of nitrogens with zero attached hydrogens (tertiary/aromatic N) is 1. The van der Waals surface area contributed by atoms with Crippen molar-refractivity contribution in [3.63, 3.8) is 0 Å². The van der Waals surface area contributed by atoms with Crippen LogP contribution >= 0.6 is 0 Å². The van der Waals surface area contributed by atoms with Gasteiger partial charge in [-0.25, -0.2) is 0 Å². The Bertz CT molecular complexity index is 210. The van der Waals surface area contributed by atoms with Crippen molar-refractivity contribution in [1.29, 1.82) is 0 Å². The molecule has 0 aliphatic carbocycles. The standard InChI is InChI=1S/C10H15NO/c1-2-4-9-5-3-7-11-10(9)6-8-12/h3,5,7,12H,2,4,6,8H2,1H3. The smallest absolute Gasteiger partial charge is 0.0486 e. The van der Waals surface area contributed by atoms with Gasteiger partial charge in [-0.1, -0.05) is 19.4 Å². The molecule has 0 unspecified atom stereocenters. The summed E-state index contributed by atoms with van der Waals surface area (Å²) in [5, 5.41) is 8.77. The number of aliphatic hydroxyl groups excluding tert-OH is 1. The normalized spacial score (nSPS) is 10.2. The summed E-state index contributed by atoms with van der Waals surface area (Å²) in [4.78, 5) is 4.23. The topological polar surface area (TPSA) is 33.1 Å². The Hall–Kier alpha value is -0.890. The Morgan fingerprint density at radius 2 is 2.25 bits per heavy atom. The Morgan fingerprint density at radius 1 is 1.42 bits per heavy atom. The van der Waals surface area contributed by atoms with Gasteiger partial charge < -0.3 is 5.11 Å². The summed E-state index contributed by atoms with van der Waals surface area (Å²) in [6, 6.07) is 4.04. The molecule has 1 N–H and O–H groups in total. The predicted molar refractivity (Wildman–Crippen MR) is 49.0 cm³/mol. The molecule has 0 aromatic carbocycles. The average Bonchev–Trinajstić information content (AvgIpc) is 2.09. The van der Waals surface area contributed by atoms with E-state index in [0.717, 1.165) is 18.5 Å². The van der Waals surface area contributed by atoms with Gasteiger partial charge in [-0.2, -0.15) is 0 Å². The summed E-state index contributed by atoms with van der Waals surface area (Å²) in [6.45, 7) is 2.34. The van der Waals surface area contributed by atoms with Crippen molar-refractivity contribution in [3.05, 3.63) is 29.6 Å².